The number of hydrogen-bond acceptors (Lipinski definition) is 5. The number of ether oxygens (including phenoxy) is 1. The third kappa shape index (κ3) is 4.70. The van der Waals surface area contributed by atoms with Gasteiger partial charge in [0.25, 0.3) is 0 Å². The van der Waals surface area contributed by atoms with Crippen LogP contribution in [0.3, 0.4) is 0 Å². The summed E-state index contributed by atoms with van der Waals surface area (Å²) in [6.07, 6.45) is 1.43. The molecule has 5 rings (SSSR count). The molecule has 2 N–H and O–H groups in total. The molecule has 1 aromatic heterocycles. The lowest BCUT2D eigenvalue weighted by Crippen LogP contribution is -2.24. The van der Waals surface area contributed by atoms with E-state index in [1.165, 1.54) is 18.4 Å². The minimum atomic E-state index is -0.555. The Labute approximate surface area is 205 Å². The highest BCUT2D eigenvalue weighted by atomic mass is 16.6. The normalized spacial score (nSPS) is 14.8. The van der Waals surface area contributed by atoms with E-state index in [1.54, 1.807) is 6.92 Å². The number of aryl methyl sites for hydroxylation is 1. The maximum Gasteiger partial charge on any atom is 0.412 e. The summed E-state index contributed by atoms with van der Waals surface area (Å²) in [5.41, 5.74) is 6.60. The van der Waals surface area contributed by atoms with Gasteiger partial charge in [-0.05, 0) is 56.0 Å². The summed E-state index contributed by atoms with van der Waals surface area (Å²) in [6.45, 7) is 3.63. The molecule has 0 bridgehead atoms. The number of nitrogens with zero attached hydrogens (tertiary/aromatic N) is 1. The standard InChI is InChI=1S/C29H29N3O3/c1-19-26(31-28(33)34-20(2)21-7-5-4-6-8-21)27(35-32-19)24-11-9-22(10-12-24)23-13-15-25(16-14-23)29(30-3)17-18-29/h4-16,20,30H,17-18H2,1-3H3,(H,31,33)/t20-/m1/s1. The van der Waals surface area contributed by atoms with E-state index in [4.69, 9.17) is 9.26 Å². The number of benzene rings is 3. The Morgan fingerprint density at radius 2 is 1.54 bits per heavy atom. The molecule has 0 saturated heterocycles. The van der Waals surface area contributed by atoms with Crippen molar-refractivity contribution >= 4 is 11.8 Å². The molecule has 35 heavy (non-hydrogen) atoms. The van der Waals surface area contributed by atoms with Crippen LogP contribution in [0, 0.1) is 6.92 Å². The van der Waals surface area contributed by atoms with Gasteiger partial charge in [-0.2, -0.15) is 0 Å². The van der Waals surface area contributed by atoms with Crippen molar-refractivity contribution in [2.24, 2.45) is 0 Å². The van der Waals surface area contributed by atoms with Gasteiger partial charge in [-0.1, -0.05) is 84.0 Å². The van der Waals surface area contributed by atoms with Gasteiger partial charge in [-0.25, -0.2) is 4.79 Å². The quantitative estimate of drug-likeness (QED) is 0.311. The van der Waals surface area contributed by atoms with Gasteiger partial charge in [0.2, 0.25) is 0 Å². The number of aromatic nitrogens is 1. The second-order valence-electron chi connectivity index (χ2n) is 9.04. The predicted molar refractivity (Wildman–Crippen MR) is 137 cm³/mol. The van der Waals surface area contributed by atoms with Crippen molar-refractivity contribution in [3.8, 4) is 22.5 Å². The fraction of sp³-hybridized carbons (Fsp3) is 0.241. The highest BCUT2D eigenvalue weighted by Gasteiger charge is 2.42. The summed E-state index contributed by atoms with van der Waals surface area (Å²) >= 11 is 0. The molecule has 3 aromatic carbocycles. The summed E-state index contributed by atoms with van der Waals surface area (Å²) in [7, 11) is 2.03. The van der Waals surface area contributed by atoms with E-state index in [2.05, 4.69) is 40.1 Å². The van der Waals surface area contributed by atoms with Gasteiger partial charge in [0.1, 0.15) is 17.5 Å². The first-order chi connectivity index (χ1) is 17.0. The van der Waals surface area contributed by atoms with Gasteiger partial charge in [-0.3, -0.25) is 5.32 Å². The van der Waals surface area contributed by atoms with Crippen LogP contribution in [0.25, 0.3) is 22.5 Å². The molecule has 1 saturated carbocycles. The predicted octanol–water partition coefficient (Wildman–Crippen LogP) is 6.84. The third-order valence-electron chi connectivity index (χ3n) is 6.79. The average molecular weight is 468 g/mol. The first-order valence-corrected chi connectivity index (χ1v) is 11.9. The van der Waals surface area contributed by atoms with Crippen LogP contribution in [0.4, 0.5) is 10.5 Å². The number of carbonyl (C=O) groups excluding carboxylic acids is 1. The maximum absolute atomic E-state index is 12.6. The first kappa shape index (κ1) is 22.9. The zero-order chi connectivity index (χ0) is 24.4. The summed E-state index contributed by atoms with van der Waals surface area (Å²) in [4.78, 5) is 12.6. The lowest BCUT2D eigenvalue weighted by molar-refractivity contribution is 0.121. The second-order valence-corrected chi connectivity index (χ2v) is 9.04. The Morgan fingerprint density at radius 3 is 2.14 bits per heavy atom. The molecule has 0 unspecified atom stereocenters. The topological polar surface area (TPSA) is 76.4 Å². The molecule has 0 radical (unpaired) electrons. The molecule has 1 heterocycles. The molecule has 4 aromatic rings. The first-order valence-electron chi connectivity index (χ1n) is 11.9. The number of hydrogen-bond donors (Lipinski definition) is 2. The highest BCUT2D eigenvalue weighted by molar-refractivity contribution is 5.91. The van der Waals surface area contributed by atoms with E-state index in [9.17, 15) is 4.79 Å². The molecule has 6 nitrogen and oxygen atoms in total. The van der Waals surface area contributed by atoms with Crippen molar-refractivity contribution in [3.63, 3.8) is 0 Å². The van der Waals surface area contributed by atoms with Gasteiger partial charge >= 0.3 is 6.09 Å². The van der Waals surface area contributed by atoms with Crippen molar-refractivity contribution in [1.29, 1.82) is 0 Å². The Bertz CT molecular complexity index is 1310. The van der Waals surface area contributed by atoms with Gasteiger partial charge in [0, 0.05) is 11.1 Å². The summed E-state index contributed by atoms with van der Waals surface area (Å²) < 4.78 is 11.1. The van der Waals surface area contributed by atoms with Crippen LogP contribution < -0.4 is 10.6 Å². The van der Waals surface area contributed by atoms with Crippen LogP contribution in [0.1, 0.15) is 42.7 Å². The van der Waals surface area contributed by atoms with Crippen molar-refractivity contribution in [2.75, 3.05) is 12.4 Å². The molecule has 1 atom stereocenters. The number of amides is 1. The molecule has 1 aliphatic rings. The fourth-order valence-corrected chi connectivity index (χ4v) is 4.40. The van der Waals surface area contributed by atoms with Crippen LogP contribution >= 0.6 is 0 Å². The van der Waals surface area contributed by atoms with Crippen LogP contribution in [-0.2, 0) is 10.3 Å². The van der Waals surface area contributed by atoms with Crippen molar-refractivity contribution in [3.05, 3.63) is 95.7 Å². The number of carbonyl (C=O) groups is 1. The lowest BCUT2D eigenvalue weighted by atomic mass is 9.98. The largest absolute Gasteiger partial charge is 0.441 e. The minimum absolute atomic E-state index is 0.163. The van der Waals surface area contributed by atoms with Gasteiger partial charge < -0.3 is 14.6 Å². The van der Waals surface area contributed by atoms with Gasteiger partial charge in [-0.15, -0.1) is 0 Å². The Balaban J connectivity index is 1.30. The van der Waals surface area contributed by atoms with Crippen LogP contribution in [0.15, 0.2) is 83.4 Å². The zero-order valence-electron chi connectivity index (χ0n) is 20.2. The molecule has 0 aliphatic heterocycles. The molecule has 1 amide bonds. The minimum Gasteiger partial charge on any atom is -0.441 e. The van der Waals surface area contributed by atoms with E-state index in [0.29, 0.717) is 17.1 Å². The fourth-order valence-electron chi connectivity index (χ4n) is 4.40. The lowest BCUT2D eigenvalue weighted by Gasteiger charge is -2.15. The molecular weight excluding hydrogens is 438 g/mol. The molecule has 6 heteroatoms. The highest BCUT2D eigenvalue weighted by Crippen LogP contribution is 2.45. The molecule has 1 fully saturated rings. The number of nitrogens with one attached hydrogen (secondary N) is 2. The van der Waals surface area contributed by atoms with Gasteiger partial charge in [0.05, 0.1) is 0 Å². The molecule has 0 spiro atoms. The smallest absolute Gasteiger partial charge is 0.412 e. The molecule has 1 aliphatic carbocycles. The Hall–Kier alpha value is -3.90. The zero-order valence-corrected chi connectivity index (χ0v) is 20.2. The molecular formula is C29H29N3O3. The average Bonchev–Trinajstić information content (AvgIpc) is 3.62. The summed E-state index contributed by atoms with van der Waals surface area (Å²) in [6, 6.07) is 26.4. The van der Waals surface area contributed by atoms with Crippen LogP contribution in [-0.4, -0.2) is 18.3 Å². The van der Waals surface area contributed by atoms with Crippen LogP contribution in [0.5, 0.6) is 0 Å². The Kier molecular flexibility index (Phi) is 6.14. The Morgan fingerprint density at radius 1 is 0.943 bits per heavy atom. The maximum atomic E-state index is 12.6. The van der Waals surface area contributed by atoms with E-state index in [0.717, 1.165) is 22.3 Å². The number of rotatable bonds is 7. The monoisotopic (exact) mass is 467 g/mol. The second kappa shape index (κ2) is 9.39. The van der Waals surface area contributed by atoms with Gasteiger partial charge in [0.15, 0.2) is 5.76 Å². The SMILES string of the molecule is CNC1(c2ccc(-c3ccc(-c4onc(C)c4NC(=O)O[C@H](C)c4ccccc4)cc3)cc2)CC1. The van der Waals surface area contributed by atoms with Crippen molar-refractivity contribution in [1.82, 2.24) is 10.5 Å². The van der Waals surface area contributed by atoms with Crippen LogP contribution in [0.2, 0.25) is 0 Å². The van der Waals surface area contributed by atoms with E-state index < -0.39 is 6.09 Å². The van der Waals surface area contributed by atoms with Crippen molar-refractivity contribution in [2.45, 2.75) is 38.3 Å². The van der Waals surface area contributed by atoms with E-state index in [1.807, 2.05) is 68.6 Å². The van der Waals surface area contributed by atoms with E-state index >= 15 is 0 Å². The van der Waals surface area contributed by atoms with E-state index in [-0.39, 0.29) is 11.6 Å². The van der Waals surface area contributed by atoms with Crippen molar-refractivity contribution < 1.29 is 14.1 Å². The number of anilines is 1. The summed E-state index contributed by atoms with van der Waals surface area (Å²) in [5.74, 6) is 0.499. The third-order valence-corrected chi connectivity index (χ3v) is 6.79. The molecule has 178 valence electrons. The summed E-state index contributed by atoms with van der Waals surface area (Å²) in [5, 5.41) is 10.3.